The van der Waals surface area contributed by atoms with Crippen molar-refractivity contribution in [3.05, 3.63) is 64.8 Å². The van der Waals surface area contributed by atoms with Crippen LogP contribution in [0.2, 0.25) is 5.02 Å². The van der Waals surface area contributed by atoms with Gasteiger partial charge in [-0.1, -0.05) is 23.7 Å². The molecule has 2 aromatic carbocycles. The van der Waals surface area contributed by atoms with Crippen molar-refractivity contribution >= 4 is 40.4 Å². The lowest BCUT2D eigenvalue weighted by Crippen LogP contribution is -2.43. The van der Waals surface area contributed by atoms with Gasteiger partial charge in [-0.25, -0.2) is 4.90 Å². The summed E-state index contributed by atoms with van der Waals surface area (Å²) in [5.41, 5.74) is 3.18. The molecule has 2 amide bonds. The van der Waals surface area contributed by atoms with Crippen LogP contribution < -0.4 is 9.80 Å². The van der Waals surface area contributed by atoms with Crippen molar-refractivity contribution in [1.29, 1.82) is 0 Å². The molecule has 32 heavy (non-hydrogen) atoms. The number of imide groups is 1. The lowest BCUT2D eigenvalue weighted by atomic mass is 10.0. The van der Waals surface area contributed by atoms with Crippen molar-refractivity contribution in [2.75, 3.05) is 51.1 Å². The molecule has 0 aromatic heterocycles. The molecule has 0 N–H and O–H groups in total. The van der Waals surface area contributed by atoms with Crippen LogP contribution in [-0.4, -0.2) is 68.9 Å². The average molecular weight is 453 g/mol. The topological polar surface area (TPSA) is 47.1 Å². The number of amides is 2. The fraction of sp³-hybridized carbons (Fsp3) is 0.360. The Bertz CT molecular complexity index is 1040. The molecule has 0 spiro atoms. The maximum atomic E-state index is 13.7. The van der Waals surface area contributed by atoms with Gasteiger partial charge < -0.3 is 14.7 Å². The van der Waals surface area contributed by atoms with Gasteiger partial charge in [0.1, 0.15) is 5.70 Å². The summed E-state index contributed by atoms with van der Waals surface area (Å²) in [4.78, 5) is 34.9. The molecule has 0 unspecified atom stereocenters. The molecule has 0 bridgehead atoms. The van der Waals surface area contributed by atoms with Crippen molar-refractivity contribution in [3.63, 3.8) is 0 Å². The van der Waals surface area contributed by atoms with E-state index in [2.05, 4.69) is 11.9 Å². The Morgan fingerprint density at radius 2 is 1.47 bits per heavy atom. The minimum Gasteiger partial charge on any atom is -0.378 e. The first-order chi connectivity index (χ1) is 15.3. The Morgan fingerprint density at radius 3 is 2.03 bits per heavy atom. The lowest BCUT2D eigenvalue weighted by Gasteiger charge is -2.36. The summed E-state index contributed by atoms with van der Waals surface area (Å²) in [5.74, 6) is -0.580. The second-order valence-corrected chi connectivity index (χ2v) is 9.17. The van der Waals surface area contributed by atoms with Crippen molar-refractivity contribution in [2.45, 2.75) is 18.9 Å². The van der Waals surface area contributed by atoms with Gasteiger partial charge in [0, 0.05) is 37.9 Å². The van der Waals surface area contributed by atoms with Crippen LogP contribution >= 0.6 is 11.6 Å². The number of rotatable bonds is 5. The molecule has 2 aliphatic heterocycles. The monoisotopic (exact) mass is 452 g/mol. The van der Waals surface area contributed by atoms with E-state index < -0.39 is 0 Å². The van der Waals surface area contributed by atoms with Gasteiger partial charge in [0.05, 0.1) is 11.3 Å². The van der Waals surface area contributed by atoms with E-state index in [1.807, 2.05) is 67.3 Å². The lowest BCUT2D eigenvalue weighted by molar-refractivity contribution is -0.120. The van der Waals surface area contributed by atoms with Crippen LogP contribution in [-0.2, 0) is 9.59 Å². The molecule has 168 valence electrons. The van der Waals surface area contributed by atoms with E-state index >= 15 is 0 Å². The summed E-state index contributed by atoms with van der Waals surface area (Å²) < 4.78 is 0. The third kappa shape index (κ3) is 4.12. The predicted octanol–water partition coefficient (Wildman–Crippen LogP) is 3.72. The van der Waals surface area contributed by atoms with E-state index in [0.29, 0.717) is 27.5 Å². The Balaban J connectivity index is 1.75. The second-order valence-electron chi connectivity index (χ2n) is 8.73. The molecule has 2 heterocycles. The fourth-order valence-corrected chi connectivity index (χ4v) is 4.55. The number of benzene rings is 2. The Hall–Kier alpha value is -2.83. The summed E-state index contributed by atoms with van der Waals surface area (Å²) >= 11 is 6.09. The van der Waals surface area contributed by atoms with Crippen molar-refractivity contribution in [2.24, 2.45) is 0 Å². The Morgan fingerprint density at radius 1 is 0.875 bits per heavy atom. The highest BCUT2D eigenvalue weighted by Gasteiger charge is 2.43. The minimum atomic E-state index is -0.301. The summed E-state index contributed by atoms with van der Waals surface area (Å²) in [5, 5.41) is 0.590. The summed E-state index contributed by atoms with van der Waals surface area (Å²) in [6.45, 7) is 1.94. The molecule has 7 heteroatoms. The predicted molar refractivity (Wildman–Crippen MR) is 130 cm³/mol. The molecule has 2 aliphatic rings. The molecule has 0 atom stereocenters. The van der Waals surface area contributed by atoms with Gasteiger partial charge in [-0.15, -0.1) is 0 Å². The minimum absolute atomic E-state index is 0.205. The van der Waals surface area contributed by atoms with Crippen LogP contribution in [0.4, 0.5) is 11.4 Å². The molecule has 2 aromatic rings. The first-order valence-electron chi connectivity index (χ1n) is 10.9. The van der Waals surface area contributed by atoms with Gasteiger partial charge in [-0.3, -0.25) is 9.59 Å². The van der Waals surface area contributed by atoms with Crippen molar-refractivity contribution in [1.82, 2.24) is 9.80 Å². The number of hydrogen-bond donors (Lipinski definition) is 0. The van der Waals surface area contributed by atoms with Gasteiger partial charge in [0.2, 0.25) is 0 Å². The normalized spacial score (nSPS) is 18.0. The Kier molecular flexibility index (Phi) is 6.26. The first kappa shape index (κ1) is 22.4. The molecule has 0 radical (unpaired) electrons. The third-order valence-electron chi connectivity index (χ3n) is 6.41. The van der Waals surface area contributed by atoms with Crippen LogP contribution in [0.15, 0.2) is 54.2 Å². The maximum Gasteiger partial charge on any atom is 0.282 e. The number of nitrogens with zero attached hydrogens (tertiary/aromatic N) is 4. The van der Waals surface area contributed by atoms with E-state index in [9.17, 15) is 9.59 Å². The number of piperidine rings is 1. The highest BCUT2D eigenvalue weighted by Crippen LogP contribution is 2.36. The molecular weight excluding hydrogens is 424 g/mol. The summed E-state index contributed by atoms with van der Waals surface area (Å²) in [6.07, 6.45) is 1.90. The SMILES string of the molecule is CN1CCC(N(C)C2=C(c3ccc(Cl)cc3)C(=O)N(c3ccc(N(C)C)cc3)C2=O)CC1. The molecule has 1 saturated heterocycles. The fourth-order valence-electron chi connectivity index (χ4n) is 4.42. The number of anilines is 2. The molecule has 1 fully saturated rings. The molecular formula is C25H29ClN4O2. The van der Waals surface area contributed by atoms with E-state index in [4.69, 9.17) is 11.6 Å². The van der Waals surface area contributed by atoms with Crippen LogP contribution in [0, 0.1) is 0 Å². The maximum absolute atomic E-state index is 13.7. The van der Waals surface area contributed by atoms with Gasteiger partial charge in [0.25, 0.3) is 11.8 Å². The van der Waals surface area contributed by atoms with E-state index in [1.165, 1.54) is 4.90 Å². The van der Waals surface area contributed by atoms with Crippen LogP contribution in [0.25, 0.3) is 5.57 Å². The van der Waals surface area contributed by atoms with Gasteiger partial charge in [-0.05, 0) is 74.9 Å². The van der Waals surface area contributed by atoms with Gasteiger partial charge in [-0.2, -0.15) is 0 Å². The zero-order valence-corrected chi connectivity index (χ0v) is 19.8. The Labute approximate surface area is 194 Å². The van der Waals surface area contributed by atoms with E-state index in [1.54, 1.807) is 12.1 Å². The van der Waals surface area contributed by atoms with Gasteiger partial charge >= 0.3 is 0 Å². The quantitative estimate of drug-likeness (QED) is 0.647. The third-order valence-corrected chi connectivity index (χ3v) is 6.66. The number of halogens is 1. The standard InChI is InChI=1S/C25H29ClN4O2/c1-27(2)19-9-11-21(12-10-19)30-24(31)22(17-5-7-18(26)8-6-17)23(25(30)32)29(4)20-13-15-28(3)16-14-20/h5-12,20H,13-16H2,1-4H3. The van der Waals surface area contributed by atoms with Crippen LogP contribution in [0.5, 0.6) is 0 Å². The average Bonchev–Trinajstić information content (AvgIpc) is 3.04. The molecule has 0 saturated carbocycles. The summed E-state index contributed by atoms with van der Waals surface area (Å²) in [7, 11) is 7.95. The highest BCUT2D eigenvalue weighted by molar-refractivity contribution is 6.45. The number of hydrogen-bond acceptors (Lipinski definition) is 5. The number of carbonyl (C=O) groups excluding carboxylic acids is 2. The summed E-state index contributed by atoms with van der Waals surface area (Å²) in [6, 6.07) is 14.8. The smallest absolute Gasteiger partial charge is 0.282 e. The highest BCUT2D eigenvalue weighted by atomic mass is 35.5. The number of likely N-dealkylation sites (tertiary alicyclic amines) is 1. The van der Waals surface area contributed by atoms with E-state index in [0.717, 1.165) is 31.6 Å². The van der Waals surface area contributed by atoms with Crippen LogP contribution in [0.3, 0.4) is 0 Å². The zero-order chi connectivity index (χ0) is 23.0. The largest absolute Gasteiger partial charge is 0.378 e. The van der Waals surface area contributed by atoms with Gasteiger partial charge in [0.15, 0.2) is 0 Å². The van der Waals surface area contributed by atoms with E-state index in [-0.39, 0.29) is 17.9 Å². The van der Waals surface area contributed by atoms with Crippen LogP contribution in [0.1, 0.15) is 18.4 Å². The number of carbonyl (C=O) groups is 2. The van der Waals surface area contributed by atoms with Crippen molar-refractivity contribution < 1.29 is 9.59 Å². The first-order valence-corrected chi connectivity index (χ1v) is 11.2. The second kappa shape index (κ2) is 8.96. The number of likely N-dealkylation sites (N-methyl/N-ethyl adjacent to an activating group) is 1. The van der Waals surface area contributed by atoms with Crippen molar-refractivity contribution in [3.8, 4) is 0 Å². The zero-order valence-electron chi connectivity index (χ0n) is 19.0. The molecule has 4 rings (SSSR count). The molecule has 0 aliphatic carbocycles. The molecule has 6 nitrogen and oxygen atoms in total.